The number of nitrogens with two attached hydrogens (primary N) is 1. The van der Waals surface area contributed by atoms with Crippen molar-refractivity contribution in [2.75, 3.05) is 19.9 Å². The highest BCUT2D eigenvalue weighted by atomic mass is 16.5. The zero-order chi connectivity index (χ0) is 15.4. The lowest BCUT2D eigenvalue weighted by molar-refractivity contribution is 0.0786. The molecule has 0 unspecified atom stereocenters. The van der Waals surface area contributed by atoms with Crippen LogP contribution >= 0.6 is 0 Å². The molecule has 0 bridgehead atoms. The van der Waals surface area contributed by atoms with Crippen LogP contribution in [-0.2, 0) is 6.54 Å². The maximum atomic E-state index is 12.5. The van der Waals surface area contributed by atoms with Crippen molar-refractivity contribution in [2.45, 2.75) is 13.5 Å². The first-order valence-electron chi connectivity index (χ1n) is 6.76. The summed E-state index contributed by atoms with van der Waals surface area (Å²) in [5.74, 6) is 0.697. The number of ether oxygens (including phenoxy) is 1. The first kappa shape index (κ1) is 14.9. The van der Waals surface area contributed by atoms with Gasteiger partial charge in [0.1, 0.15) is 5.75 Å². The molecule has 0 radical (unpaired) electrons. The molecule has 2 N–H and O–H groups in total. The number of hydrogen-bond acceptors (Lipinski definition) is 3. The summed E-state index contributed by atoms with van der Waals surface area (Å²) in [5.41, 5.74) is 8.97. The van der Waals surface area contributed by atoms with Crippen molar-refractivity contribution in [3.05, 3.63) is 59.2 Å². The number of aryl methyl sites for hydroxylation is 1. The van der Waals surface area contributed by atoms with E-state index in [0.29, 0.717) is 17.8 Å². The molecule has 2 rings (SSSR count). The van der Waals surface area contributed by atoms with Crippen molar-refractivity contribution in [1.82, 2.24) is 4.90 Å². The minimum Gasteiger partial charge on any atom is -0.497 e. The van der Waals surface area contributed by atoms with Gasteiger partial charge >= 0.3 is 0 Å². The average Bonchev–Trinajstić information content (AvgIpc) is 2.49. The molecule has 0 atom stereocenters. The Morgan fingerprint density at radius 2 is 2.00 bits per heavy atom. The third-order valence-corrected chi connectivity index (χ3v) is 3.34. The van der Waals surface area contributed by atoms with Crippen molar-refractivity contribution in [1.29, 1.82) is 0 Å². The predicted molar refractivity (Wildman–Crippen MR) is 84.4 cm³/mol. The van der Waals surface area contributed by atoms with Crippen LogP contribution in [0.1, 0.15) is 21.5 Å². The Bertz CT molecular complexity index is 653. The van der Waals surface area contributed by atoms with Gasteiger partial charge in [-0.3, -0.25) is 4.79 Å². The quantitative estimate of drug-likeness (QED) is 0.878. The second-order valence-electron chi connectivity index (χ2n) is 5.10. The zero-order valence-electron chi connectivity index (χ0n) is 12.6. The van der Waals surface area contributed by atoms with Gasteiger partial charge in [0.2, 0.25) is 0 Å². The molecular formula is C17H20N2O2. The SMILES string of the molecule is COc1cccc(CN(C)C(=O)c2cc(C)ccc2N)c1. The van der Waals surface area contributed by atoms with Crippen LogP contribution in [0.15, 0.2) is 42.5 Å². The normalized spacial score (nSPS) is 10.2. The van der Waals surface area contributed by atoms with Gasteiger partial charge in [-0.1, -0.05) is 23.8 Å². The molecule has 0 fully saturated rings. The van der Waals surface area contributed by atoms with Gasteiger partial charge in [-0.25, -0.2) is 0 Å². The highest BCUT2D eigenvalue weighted by Gasteiger charge is 2.15. The summed E-state index contributed by atoms with van der Waals surface area (Å²) in [6.07, 6.45) is 0. The van der Waals surface area contributed by atoms with Crippen molar-refractivity contribution >= 4 is 11.6 Å². The Kier molecular flexibility index (Phi) is 4.48. The van der Waals surface area contributed by atoms with Crippen molar-refractivity contribution in [3.8, 4) is 5.75 Å². The van der Waals surface area contributed by atoms with Crippen LogP contribution in [-0.4, -0.2) is 25.0 Å². The minimum atomic E-state index is -0.0842. The van der Waals surface area contributed by atoms with Crippen molar-refractivity contribution < 1.29 is 9.53 Å². The van der Waals surface area contributed by atoms with Crippen LogP contribution in [0.4, 0.5) is 5.69 Å². The molecule has 0 saturated heterocycles. The fourth-order valence-electron chi connectivity index (χ4n) is 2.18. The van der Waals surface area contributed by atoms with Crippen LogP contribution < -0.4 is 10.5 Å². The van der Waals surface area contributed by atoms with Gasteiger partial charge in [0.05, 0.1) is 12.7 Å². The van der Waals surface area contributed by atoms with Crippen molar-refractivity contribution in [2.24, 2.45) is 0 Å². The first-order chi connectivity index (χ1) is 10.0. The highest BCUT2D eigenvalue weighted by molar-refractivity contribution is 5.99. The largest absolute Gasteiger partial charge is 0.497 e. The van der Waals surface area contributed by atoms with E-state index < -0.39 is 0 Å². The second-order valence-corrected chi connectivity index (χ2v) is 5.10. The van der Waals surface area contributed by atoms with Gasteiger partial charge in [0.25, 0.3) is 5.91 Å². The van der Waals surface area contributed by atoms with E-state index in [0.717, 1.165) is 16.9 Å². The lowest BCUT2D eigenvalue weighted by atomic mass is 10.1. The molecule has 0 spiro atoms. The third kappa shape index (κ3) is 3.54. The minimum absolute atomic E-state index is 0.0842. The smallest absolute Gasteiger partial charge is 0.255 e. The monoisotopic (exact) mass is 284 g/mol. The van der Waals surface area contributed by atoms with Crippen LogP contribution in [0.2, 0.25) is 0 Å². The summed E-state index contributed by atoms with van der Waals surface area (Å²) >= 11 is 0. The Labute approximate surface area is 125 Å². The number of carbonyl (C=O) groups is 1. The van der Waals surface area contributed by atoms with E-state index in [1.54, 1.807) is 25.1 Å². The number of nitrogen functional groups attached to an aromatic ring is 1. The number of carbonyl (C=O) groups excluding carboxylic acids is 1. The second kappa shape index (κ2) is 6.31. The fourth-order valence-corrected chi connectivity index (χ4v) is 2.18. The molecule has 2 aromatic carbocycles. The van der Waals surface area contributed by atoms with Crippen LogP contribution in [0.5, 0.6) is 5.75 Å². The van der Waals surface area contributed by atoms with Gasteiger partial charge in [-0.2, -0.15) is 0 Å². The number of methoxy groups -OCH3 is 1. The number of rotatable bonds is 4. The lowest BCUT2D eigenvalue weighted by Crippen LogP contribution is -2.27. The Morgan fingerprint density at radius 1 is 1.24 bits per heavy atom. The summed E-state index contributed by atoms with van der Waals surface area (Å²) in [5, 5.41) is 0. The predicted octanol–water partition coefficient (Wildman–Crippen LogP) is 2.86. The fraction of sp³-hybridized carbons (Fsp3) is 0.235. The molecule has 0 aromatic heterocycles. The van der Waals surface area contributed by atoms with Gasteiger partial charge in [-0.05, 0) is 36.8 Å². The van der Waals surface area contributed by atoms with E-state index in [4.69, 9.17) is 10.5 Å². The molecule has 0 saturated carbocycles. The number of nitrogens with zero attached hydrogens (tertiary/aromatic N) is 1. The maximum Gasteiger partial charge on any atom is 0.255 e. The first-order valence-corrected chi connectivity index (χ1v) is 6.76. The van der Waals surface area contributed by atoms with E-state index >= 15 is 0 Å². The van der Waals surface area contributed by atoms with Gasteiger partial charge in [-0.15, -0.1) is 0 Å². The van der Waals surface area contributed by atoms with Crippen LogP contribution in [0.25, 0.3) is 0 Å². The van der Waals surface area contributed by atoms with E-state index in [1.165, 1.54) is 0 Å². The van der Waals surface area contributed by atoms with E-state index in [9.17, 15) is 4.79 Å². The summed E-state index contributed by atoms with van der Waals surface area (Å²) in [6.45, 7) is 2.45. The number of amides is 1. The molecule has 4 nitrogen and oxygen atoms in total. The lowest BCUT2D eigenvalue weighted by Gasteiger charge is -2.19. The standard InChI is InChI=1S/C17H20N2O2/c1-12-7-8-16(18)15(9-12)17(20)19(2)11-13-5-4-6-14(10-13)21-3/h4-10H,11,18H2,1-3H3. The Balaban J connectivity index is 2.17. The molecule has 21 heavy (non-hydrogen) atoms. The topological polar surface area (TPSA) is 55.6 Å². The highest BCUT2D eigenvalue weighted by Crippen LogP contribution is 2.18. The molecule has 110 valence electrons. The molecule has 1 amide bonds. The van der Waals surface area contributed by atoms with E-state index in [2.05, 4.69) is 0 Å². The molecule has 0 aliphatic heterocycles. The molecule has 2 aromatic rings. The van der Waals surface area contributed by atoms with Gasteiger partial charge < -0.3 is 15.4 Å². The summed E-state index contributed by atoms with van der Waals surface area (Å²) in [7, 11) is 3.39. The zero-order valence-corrected chi connectivity index (χ0v) is 12.6. The van der Waals surface area contributed by atoms with Crippen molar-refractivity contribution in [3.63, 3.8) is 0 Å². The maximum absolute atomic E-state index is 12.5. The Hall–Kier alpha value is -2.49. The van der Waals surface area contributed by atoms with Crippen LogP contribution in [0, 0.1) is 6.92 Å². The van der Waals surface area contributed by atoms with Crippen LogP contribution in [0.3, 0.4) is 0 Å². The molecule has 0 aliphatic rings. The summed E-state index contributed by atoms with van der Waals surface area (Å²) < 4.78 is 5.19. The molecule has 0 aliphatic carbocycles. The molecule has 4 heteroatoms. The number of anilines is 1. The van der Waals surface area contributed by atoms with E-state index in [1.807, 2.05) is 43.3 Å². The molecular weight excluding hydrogens is 264 g/mol. The third-order valence-electron chi connectivity index (χ3n) is 3.34. The average molecular weight is 284 g/mol. The van der Waals surface area contributed by atoms with Gasteiger partial charge in [0, 0.05) is 19.3 Å². The van der Waals surface area contributed by atoms with Gasteiger partial charge in [0.15, 0.2) is 0 Å². The summed E-state index contributed by atoms with van der Waals surface area (Å²) in [6, 6.07) is 13.2. The summed E-state index contributed by atoms with van der Waals surface area (Å²) in [4.78, 5) is 14.1. The number of benzene rings is 2. The molecule has 0 heterocycles. The Morgan fingerprint density at radius 3 is 2.71 bits per heavy atom. The number of hydrogen-bond donors (Lipinski definition) is 1. The van der Waals surface area contributed by atoms with E-state index in [-0.39, 0.29) is 5.91 Å².